The molecule has 20 heavy (non-hydrogen) atoms. The van der Waals surface area contributed by atoms with Gasteiger partial charge in [-0.25, -0.2) is 0 Å². The largest absolute Gasteiger partial charge is 0.504 e. The zero-order valence-electron chi connectivity index (χ0n) is 10.1. The molecule has 0 unspecified atom stereocenters. The summed E-state index contributed by atoms with van der Waals surface area (Å²) < 4.78 is 1.06. The number of rotatable bonds is 1. The van der Waals surface area contributed by atoms with Crippen LogP contribution in [0.25, 0.3) is 11.0 Å². The van der Waals surface area contributed by atoms with E-state index in [1.165, 1.54) is 0 Å². The molecular formula is C13H9N3O4. The number of aromatic hydroxyl groups is 3. The molecule has 0 aliphatic carbocycles. The number of carbonyl (C=O) groups is 1. The van der Waals surface area contributed by atoms with Gasteiger partial charge < -0.3 is 15.3 Å². The number of aromatic nitrogens is 3. The van der Waals surface area contributed by atoms with E-state index in [4.69, 9.17) is 0 Å². The number of phenols is 3. The van der Waals surface area contributed by atoms with E-state index >= 15 is 0 Å². The Bertz CT molecular complexity index is 802. The van der Waals surface area contributed by atoms with Gasteiger partial charge in [-0.05, 0) is 24.3 Å². The SMILES string of the molecule is O=C(c1cc(O)c(O)c(O)c1)n1nnc2ccccc21. The van der Waals surface area contributed by atoms with Gasteiger partial charge in [0.05, 0.1) is 5.52 Å². The van der Waals surface area contributed by atoms with Gasteiger partial charge in [0.2, 0.25) is 0 Å². The number of fused-ring (bicyclic) bond motifs is 1. The van der Waals surface area contributed by atoms with Gasteiger partial charge in [-0.2, -0.15) is 4.68 Å². The predicted octanol–water partition coefficient (Wildman–Crippen LogP) is 1.24. The smallest absolute Gasteiger partial charge is 0.280 e. The van der Waals surface area contributed by atoms with Gasteiger partial charge in [-0.15, -0.1) is 5.10 Å². The molecular weight excluding hydrogens is 262 g/mol. The summed E-state index contributed by atoms with van der Waals surface area (Å²) in [6.07, 6.45) is 0. The second-order valence-electron chi connectivity index (χ2n) is 4.16. The minimum Gasteiger partial charge on any atom is -0.504 e. The van der Waals surface area contributed by atoms with Crippen LogP contribution in [0.1, 0.15) is 10.4 Å². The van der Waals surface area contributed by atoms with Crippen LogP contribution in [-0.2, 0) is 0 Å². The van der Waals surface area contributed by atoms with Crippen LogP contribution >= 0.6 is 0 Å². The van der Waals surface area contributed by atoms with E-state index in [0.29, 0.717) is 11.0 Å². The van der Waals surface area contributed by atoms with E-state index < -0.39 is 23.2 Å². The molecule has 0 amide bonds. The molecule has 3 N–H and O–H groups in total. The van der Waals surface area contributed by atoms with Crippen molar-refractivity contribution in [3.8, 4) is 17.2 Å². The average molecular weight is 271 g/mol. The highest BCUT2D eigenvalue weighted by molar-refractivity contribution is 6.01. The summed E-state index contributed by atoms with van der Waals surface area (Å²) in [6.45, 7) is 0. The molecule has 1 aromatic heterocycles. The van der Waals surface area contributed by atoms with E-state index in [2.05, 4.69) is 10.3 Å². The van der Waals surface area contributed by atoms with Crippen molar-refractivity contribution >= 4 is 16.9 Å². The van der Waals surface area contributed by atoms with Crippen molar-refractivity contribution < 1.29 is 20.1 Å². The van der Waals surface area contributed by atoms with Crippen LogP contribution in [-0.4, -0.2) is 36.2 Å². The van der Waals surface area contributed by atoms with Crippen molar-refractivity contribution in [2.24, 2.45) is 0 Å². The first-order valence-electron chi connectivity index (χ1n) is 5.68. The predicted molar refractivity (Wildman–Crippen MR) is 68.7 cm³/mol. The van der Waals surface area contributed by atoms with Gasteiger partial charge in [-0.3, -0.25) is 4.79 Å². The fourth-order valence-corrected chi connectivity index (χ4v) is 1.87. The summed E-state index contributed by atoms with van der Waals surface area (Å²) in [4.78, 5) is 12.3. The molecule has 7 nitrogen and oxygen atoms in total. The number of benzene rings is 2. The molecule has 3 aromatic rings. The highest BCUT2D eigenvalue weighted by Gasteiger charge is 2.17. The summed E-state index contributed by atoms with van der Waals surface area (Å²) in [6, 6.07) is 8.98. The van der Waals surface area contributed by atoms with Gasteiger partial charge in [0.25, 0.3) is 5.91 Å². The molecule has 7 heteroatoms. The Morgan fingerprint density at radius 1 is 1.05 bits per heavy atom. The van der Waals surface area contributed by atoms with Crippen molar-refractivity contribution in [3.63, 3.8) is 0 Å². The van der Waals surface area contributed by atoms with Crippen LogP contribution in [0.3, 0.4) is 0 Å². The van der Waals surface area contributed by atoms with E-state index in [9.17, 15) is 20.1 Å². The fourth-order valence-electron chi connectivity index (χ4n) is 1.87. The number of hydrogen-bond acceptors (Lipinski definition) is 6. The van der Waals surface area contributed by atoms with Crippen molar-refractivity contribution in [2.75, 3.05) is 0 Å². The number of nitrogens with zero attached hydrogens (tertiary/aromatic N) is 3. The Hall–Kier alpha value is -3.09. The van der Waals surface area contributed by atoms with Crippen LogP contribution in [0.2, 0.25) is 0 Å². The lowest BCUT2D eigenvalue weighted by Gasteiger charge is -2.05. The lowest BCUT2D eigenvalue weighted by molar-refractivity contribution is 0.0947. The maximum atomic E-state index is 12.3. The number of carbonyl (C=O) groups excluding carboxylic acids is 1. The molecule has 0 fully saturated rings. The van der Waals surface area contributed by atoms with Gasteiger partial charge in [0, 0.05) is 5.56 Å². The first-order valence-corrected chi connectivity index (χ1v) is 5.68. The van der Waals surface area contributed by atoms with Crippen LogP contribution in [0.15, 0.2) is 36.4 Å². The van der Waals surface area contributed by atoms with E-state index in [-0.39, 0.29) is 5.56 Å². The lowest BCUT2D eigenvalue weighted by atomic mass is 10.1. The van der Waals surface area contributed by atoms with Gasteiger partial charge in [0.15, 0.2) is 17.2 Å². The van der Waals surface area contributed by atoms with E-state index in [1.54, 1.807) is 24.3 Å². The Balaban J connectivity index is 2.13. The summed E-state index contributed by atoms with van der Waals surface area (Å²) >= 11 is 0. The molecule has 0 radical (unpaired) electrons. The number of para-hydroxylation sites is 1. The second kappa shape index (κ2) is 4.23. The highest BCUT2D eigenvalue weighted by Crippen LogP contribution is 2.35. The van der Waals surface area contributed by atoms with Crippen molar-refractivity contribution in [2.45, 2.75) is 0 Å². The first-order chi connectivity index (χ1) is 9.58. The topological polar surface area (TPSA) is 108 Å². The lowest BCUT2D eigenvalue weighted by Crippen LogP contribution is -2.13. The Labute approximate surface area is 112 Å². The van der Waals surface area contributed by atoms with E-state index in [0.717, 1.165) is 16.8 Å². The molecule has 100 valence electrons. The molecule has 0 spiro atoms. The Morgan fingerprint density at radius 3 is 2.40 bits per heavy atom. The molecule has 0 saturated carbocycles. The molecule has 0 aliphatic rings. The van der Waals surface area contributed by atoms with Crippen LogP contribution in [0.5, 0.6) is 17.2 Å². The second-order valence-corrected chi connectivity index (χ2v) is 4.16. The average Bonchev–Trinajstić information content (AvgIpc) is 2.87. The molecule has 0 saturated heterocycles. The molecule has 0 aliphatic heterocycles. The van der Waals surface area contributed by atoms with Crippen molar-refractivity contribution in [1.29, 1.82) is 0 Å². The molecule has 1 heterocycles. The summed E-state index contributed by atoms with van der Waals surface area (Å²) in [5, 5.41) is 35.7. The third kappa shape index (κ3) is 1.72. The summed E-state index contributed by atoms with van der Waals surface area (Å²) in [5.41, 5.74) is 1.03. The third-order valence-electron chi connectivity index (χ3n) is 2.86. The maximum Gasteiger partial charge on any atom is 0.280 e. The molecule has 0 bridgehead atoms. The Kier molecular flexibility index (Phi) is 2.53. The number of phenolic OH excluding ortho intramolecular Hbond substituents is 3. The Morgan fingerprint density at radius 2 is 1.70 bits per heavy atom. The first kappa shape index (κ1) is 12.0. The van der Waals surface area contributed by atoms with Crippen molar-refractivity contribution in [1.82, 2.24) is 15.0 Å². The van der Waals surface area contributed by atoms with Crippen LogP contribution in [0, 0.1) is 0 Å². The zero-order chi connectivity index (χ0) is 14.3. The van der Waals surface area contributed by atoms with Crippen LogP contribution in [0.4, 0.5) is 0 Å². The molecule has 3 rings (SSSR count). The minimum absolute atomic E-state index is 0.0200. The summed E-state index contributed by atoms with van der Waals surface area (Å²) in [7, 11) is 0. The van der Waals surface area contributed by atoms with Gasteiger partial charge in [0.1, 0.15) is 5.52 Å². The zero-order valence-corrected chi connectivity index (χ0v) is 10.1. The normalized spacial score (nSPS) is 10.8. The minimum atomic E-state index is -0.676. The van der Waals surface area contributed by atoms with E-state index in [1.807, 2.05) is 0 Å². The van der Waals surface area contributed by atoms with Crippen molar-refractivity contribution in [3.05, 3.63) is 42.0 Å². The van der Waals surface area contributed by atoms with Gasteiger partial charge >= 0.3 is 0 Å². The highest BCUT2D eigenvalue weighted by atomic mass is 16.3. The van der Waals surface area contributed by atoms with Crippen LogP contribution < -0.4 is 0 Å². The molecule has 0 atom stereocenters. The summed E-state index contributed by atoms with van der Waals surface area (Å²) in [5.74, 6) is -2.43. The maximum absolute atomic E-state index is 12.3. The quantitative estimate of drug-likeness (QED) is 0.574. The standard InChI is InChI=1S/C13H9N3O4/c17-10-5-7(6-11(18)12(10)19)13(20)16-9-4-2-1-3-8(9)14-15-16/h1-6,17-19H. The fraction of sp³-hybridized carbons (Fsp3) is 0. The third-order valence-corrected chi connectivity index (χ3v) is 2.86. The van der Waals surface area contributed by atoms with Gasteiger partial charge in [-0.1, -0.05) is 17.3 Å². The monoisotopic (exact) mass is 271 g/mol. The number of hydrogen-bond donors (Lipinski definition) is 3. The molecule has 2 aromatic carbocycles.